The van der Waals surface area contributed by atoms with Crippen LogP contribution in [0.4, 0.5) is 0 Å². The van der Waals surface area contributed by atoms with E-state index in [0.717, 1.165) is 16.8 Å². The molecule has 0 amide bonds. The highest BCUT2D eigenvalue weighted by Crippen LogP contribution is 2.33. The molecule has 4 aromatic rings. The Morgan fingerprint density at radius 1 is 1.14 bits per heavy atom. The van der Waals surface area contributed by atoms with Crippen LogP contribution >= 0.6 is 0 Å². The number of benzene rings is 1. The zero-order valence-corrected chi connectivity index (χ0v) is 11.9. The summed E-state index contributed by atoms with van der Waals surface area (Å²) in [5.41, 5.74) is 3.67. The molecule has 0 atom stereocenters. The molecule has 0 spiro atoms. The summed E-state index contributed by atoms with van der Waals surface area (Å²) >= 11 is 0. The first kappa shape index (κ1) is 12.6. The van der Waals surface area contributed by atoms with Crippen LogP contribution in [-0.2, 0) is 0 Å². The van der Waals surface area contributed by atoms with E-state index in [4.69, 9.17) is 4.42 Å². The predicted molar refractivity (Wildman–Crippen MR) is 83.7 cm³/mol. The second-order valence-corrected chi connectivity index (χ2v) is 5.10. The normalized spacial score (nSPS) is 11.1. The van der Waals surface area contributed by atoms with Crippen LogP contribution in [0.2, 0.25) is 0 Å². The van der Waals surface area contributed by atoms with Crippen molar-refractivity contribution in [1.82, 2.24) is 14.6 Å². The van der Waals surface area contributed by atoms with E-state index in [1.165, 1.54) is 10.6 Å². The third-order valence-electron chi connectivity index (χ3n) is 3.57. The van der Waals surface area contributed by atoms with Gasteiger partial charge in [0.15, 0.2) is 5.65 Å². The van der Waals surface area contributed by atoms with E-state index in [-0.39, 0.29) is 5.56 Å². The highest BCUT2D eigenvalue weighted by Gasteiger charge is 2.19. The molecular weight excluding hydrogens is 278 g/mol. The number of hydrogen-bond donors (Lipinski definition) is 1. The number of aromatic amines is 1. The monoisotopic (exact) mass is 291 g/mol. The van der Waals surface area contributed by atoms with Crippen molar-refractivity contribution < 1.29 is 4.42 Å². The van der Waals surface area contributed by atoms with Crippen molar-refractivity contribution in [1.29, 1.82) is 0 Å². The lowest BCUT2D eigenvalue weighted by molar-refractivity contribution is 0.583. The maximum atomic E-state index is 12.2. The van der Waals surface area contributed by atoms with E-state index in [2.05, 4.69) is 10.1 Å². The van der Waals surface area contributed by atoms with Crippen molar-refractivity contribution in [2.75, 3.05) is 0 Å². The number of nitrogens with one attached hydrogen (secondary N) is 1. The van der Waals surface area contributed by atoms with E-state index < -0.39 is 0 Å². The SMILES string of the molecule is Cc1cc(=O)n2[nH]c(-c3ccccc3)c(-c3ccco3)c2n1. The van der Waals surface area contributed by atoms with Gasteiger partial charge in [0.05, 0.1) is 17.5 Å². The predicted octanol–water partition coefficient (Wildman–Crippen LogP) is 3.26. The zero-order valence-electron chi connectivity index (χ0n) is 11.9. The first-order valence-corrected chi connectivity index (χ1v) is 6.96. The fourth-order valence-corrected chi connectivity index (χ4v) is 2.62. The zero-order chi connectivity index (χ0) is 15.1. The number of furan rings is 1. The van der Waals surface area contributed by atoms with Gasteiger partial charge < -0.3 is 4.42 Å². The molecule has 3 heterocycles. The second kappa shape index (κ2) is 4.73. The van der Waals surface area contributed by atoms with Crippen molar-refractivity contribution in [3.63, 3.8) is 0 Å². The molecule has 5 nitrogen and oxygen atoms in total. The van der Waals surface area contributed by atoms with Gasteiger partial charge in [0, 0.05) is 17.3 Å². The minimum atomic E-state index is -0.141. The number of aryl methyl sites for hydroxylation is 1. The van der Waals surface area contributed by atoms with Gasteiger partial charge in [0.25, 0.3) is 5.56 Å². The maximum absolute atomic E-state index is 12.2. The Bertz CT molecular complexity index is 996. The number of nitrogens with zero attached hydrogens (tertiary/aromatic N) is 2. The van der Waals surface area contributed by atoms with Gasteiger partial charge in [-0.1, -0.05) is 30.3 Å². The summed E-state index contributed by atoms with van der Waals surface area (Å²) in [6.07, 6.45) is 1.61. The summed E-state index contributed by atoms with van der Waals surface area (Å²) in [6.45, 7) is 1.81. The Hall–Kier alpha value is -3.08. The number of fused-ring (bicyclic) bond motifs is 1. The molecule has 22 heavy (non-hydrogen) atoms. The number of rotatable bonds is 2. The summed E-state index contributed by atoms with van der Waals surface area (Å²) in [6, 6.07) is 15.0. The van der Waals surface area contributed by atoms with E-state index in [1.807, 2.05) is 49.4 Å². The lowest BCUT2D eigenvalue weighted by Crippen LogP contribution is -2.14. The smallest absolute Gasteiger partial charge is 0.272 e. The van der Waals surface area contributed by atoms with Crippen LogP contribution in [0.15, 0.2) is 64.0 Å². The molecule has 4 rings (SSSR count). The molecule has 0 saturated carbocycles. The van der Waals surface area contributed by atoms with Gasteiger partial charge in [-0.05, 0) is 19.1 Å². The van der Waals surface area contributed by atoms with Crippen LogP contribution in [0.25, 0.3) is 28.2 Å². The van der Waals surface area contributed by atoms with E-state index in [0.29, 0.717) is 17.1 Å². The van der Waals surface area contributed by atoms with Crippen LogP contribution in [0.3, 0.4) is 0 Å². The highest BCUT2D eigenvalue weighted by molar-refractivity contribution is 5.88. The summed E-state index contributed by atoms with van der Waals surface area (Å²) in [5.74, 6) is 0.676. The van der Waals surface area contributed by atoms with Crippen molar-refractivity contribution in [2.24, 2.45) is 0 Å². The molecule has 0 unspecified atom stereocenters. The third kappa shape index (κ3) is 1.87. The average Bonchev–Trinajstić information content (AvgIpc) is 3.14. The van der Waals surface area contributed by atoms with Crippen molar-refractivity contribution in [3.8, 4) is 22.6 Å². The molecule has 0 aliphatic rings. The van der Waals surface area contributed by atoms with Crippen molar-refractivity contribution in [3.05, 3.63) is 70.8 Å². The third-order valence-corrected chi connectivity index (χ3v) is 3.57. The van der Waals surface area contributed by atoms with Crippen LogP contribution in [0, 0.1) is 6.92 Å². The molecule has 1 aromatic carbocycles. The topological polar surface area (TPSA) is 63.3 Å². The van der Waals surface area contributed by atoms with Gasteiger partial charge in [0.1, 0.15) is 5.76 Å². The first-order chi connectivity index (χ1) is 10.7. The number of aromatic nitrogens is 3. The highest BCUT2D eigenvalue weighted by atomic mass is 16.3. The van der Waals surface area contributed by atoms with Gasteiger partial charge in [-0.2, -0.15) is 0 Å². The summed E-state index contributed by atoms with van der Waals surface area (Å²) < 4.78 is 7.00. The lowest BCUT2D eigenvalue weighted by Gasteiger charge is -2.00. The van der Waals surface area contributed by atoms with Crippen molar-refractivity contribution >= 4 is 5.65 Å². The first-order valence-electron chi connectivity index (χ1n) is 6.96. The van der Waals surface area contributed by atoms with Gasteiger partial charge in [0.2, 0.25) is 0 Å². The van der Waals surface area contributed by atoms with E-state index in [1.54, 1.807) is 6.26 Å². The molecule has 0 fully saturated rings. The number of hydrogen-bond acceptors (Lipinski definition) is 3. The van der Waals surface area contributed by atoms with Crippen LogP contribution in [-0.4, -0.2) is 14.6 Å². The Labute approximate surface area is 125 Å². The van der Waals surface area contributed by atoms with Gasteiger partial charge in [-0.15, -0.1) is 0 Å². The summed E-state index contributed by atoms with van der Waals surface area (Å²) in [7, 11) is 0. The molecule has 0 aliphatic heterocycles. The van der Waals surface area contributed by atoms with Crippen molar-refractivity contribution in [2.45, 2.75) is 6.92 Å². The molecule has 108 valence electrons. The Balaban J connectivity index is 2.15. The maximum Gasteiger partial charge on any atom is 0.272 e. The van der Waals surface area contributed by atoms with Gasteiger partial charge >= 0.3 is 0 Å². The standard InChI is InChI=1S/C17H13N3O2/c1-11-10-14(21)20-17(18-11)15(13-8-5-9-22-13)16(19-20)12-6-3-2-4-7-12/h2-10,19H,1H3. The molecule has 0 aliphatic carbocycles. The number of H-pyrrole nitrogens is 1. The fraction of sp³-hybridized carbons (Fsp3) is 0.0588. The van der Waals surface area contributed by atoms with Crippen LogP contribution < -0.4 is 5.56 Å². The van der Waals surface area contributed by atoms with Crippen LogP contribution in [0.5, 0.6) is 0 Å². The molecule has 0 saturated heterocycles. The molecule has 0 bridgehead atoms. The van der Waals surface area contributed by atoms with Crippen LogP contribution in [0.1, 0.15) is 5.69 Å². The quantitative estimate of drug-likeness (QED) is 0.616. The van der Waals surface area contributed by atoms with Gasteiger partial charge in [-0.25, -0.2) is 9.50 Å². The minimum absolute atomic E-state index is 0.141. The molecule has 3 aromatic heterocycles. The Kier molecular flexibility index (Phi) is 2.72. The lowest BCUT2D eigenvalue weighted by atomic mass is 10.1. The van der Waals surface area contributed by atoms with E-state index in [9.17, 15) is 4.79 Å². The Morgan fingerprint density at radius 3 is 2.68 bits per heavy atom. The van der Waals surface area contributed by atoms with E-state index >= 15 is 0 Å². The molecular formula is C17H13N3O2. The summed E-state index contributed by atoms with van der Waals surface area (Å²) in [4.78, 5) is 16.7. The summed E-state index contributed by atoms with van der Waals surface area (Å²) in [5, 5.41) is 3.15. The van der Waals surface area contributed by atoms with Gasteiger partial charge in [-0.3, -0.25) is 9.89 Å². The second-order valence-electron chi connectivity index (χ2n) is 5.10. The largest absolute Gasteiger partial charge is 0.464 e. The minimum Gasteiger partial charge on any atom is -0.464 e. The fourth-order valence-electron chi connectivity index (χ4n) is 2.62. The molecule has 5 heteroatoms. The Morgan fingerprint density at radius 2 is 1.95 bits per heavy atom. The molecule has 1 N–H and O–H groups in total. The molecule has 0 radical (unpaired) electrons. The average molecular weight is 291 g/mol.